The number of amides is 1. The number of hydrogen-bond donors (Lipinski definition) is 4. The topological polar surface area (TPSA) is 131 Å². The van der Waals surface area contributed by atoms with E-state index in [1.54, 1.807) is 19.9 Å². The molecule has 8 nitrogen and oxygen atoms in total. The fourth-order valence-corrected chi connectivity index (χ4v) is 4.12. The second kappa shape index (κ2) is 10.5. The molecular formula is C24H30N2O6. The molecule has 5 N–H and O–H groups in total. The van der Waals surface area contributed by atoms with Gasteiger partial charge in [-0.15, -0.1) is 0 Å². The Bertz CT molecular complexity index is 991. The summed E-state index contributed by atoms with van der Waals surface area (Å²) in [4.78, 5) is 23.1. The summed E-state index contributed by atoms with van der Waals surface area (Å²) in [6, 6.07) is 8.96. The van der Waals surface area contributed by atoms with E-state index in [2.05, 4.69) is 5.32 Å². The monoisotopic (exact) mass is 442 g/mol. The molecular weight excluding hydrogens is 412 g/mol. The van der Waals surface area contributed by atoms with Gasteiger partial charge in [-0.2, -0.15) is 0 Å². The Morgan fingerprint density at radius 3 is 2.75 bits per heavy atom. The summed E-state index contributed by atoms with van der Waals surface area (Å²) in [5, 5.41) is 23.9. The standard InChI is InChI=1S/C24H30N2O6/c1-3-31-22(29)13-32-18-7-5-15-4-6-17(10-16(15)11-18)26-12-21(28)19-8-9-20(27)23(14(19)2)24(25)30/h5,7-9,11,17,21,26-28H,3-4,6,10,12-13H2,1-2H3,(H2,25,30)/t17-,21?/m0/s1. The molecule has 1 unspecified atom stereocenters. The maximum atomic E-state index is 11.6. The molecule has 1 aliphatic carbocycles. The van der Waals surface area contributed by atoms with E-state index in [9.17, 15) is 19.8 Å². The van der Waals surface area contributed by atoms with Crippen LogP contribution in [-0.4, -0.2) is 47.9 Å². The fourth-order valence-electron chi connectivity index (χ4n) is 4.12. The molecule has 3 rings (SSSR count). The summed E-state index contributed by atoms with van der Waals surface area (Å²) in [7, 11) is 0. The Labute approximate surface area is 187 Å². The van der Waals surface area contributed by atoms with E-state index in [4.69, 9.17) is 15.2 Å². The highest BCUT2D eigenvalue weighted by Gasteiger charge is 2.22. The number of aryl methyl sites for hydroxylation is 1. The van der Waals surface area contributed by atoms with Gasteiger partial charge in [-0.3, -0.25) is 4.79 Å². The number of carbonyl (C=O) groups is 2. The molecule has 2 aromatic carbocycles. The molecule has 0 fully saturated rings. The summed E-state index contributed by atoms with van der Waals surface area (Å²) >= 11 is 0. The lowest BCUT2D eigenvalue weighted by Gasteiger charge is -2.27. The van der Waals surface area contributed by atoms with Crippen LogP contribution in [0, 0.1) is 6.92 Å². The SMILES string of the molecule is CCOC(=O)COc1ccc2c(c1)C[C@@H](NCC(O)c1ccc(O)c(C(N)=O)c1C)CC2. The van der Waals surface area contributed by atoms with Crippen LogP contribution in [0.1, 0.15) is 52.1 Å². The maximum absolute atomic E-state index is 11.6. The van der Waals surface area contributed by atoms with Crippen LogP contribution in [0.4, 0.5) is 0 Å². The second-order valence-corrected chi connectivity index (χ2v) is 7.93. The molecule has 172 valence electrons. The van der Waals surface area contributed by atoms with E-state index >= 15 is 0 Å². The third kappa shape index (κ3) is 5.57. The van der Waals surface area contributed by atoms with Gasteiger partial charge in [-0.1, -0.05) is 12.1 Å². The first-order chi connectivity index (χ1) is 15.3. The van der Waals surface area contributed by atoms with Crippen molar-refractivity contribution in [2.75, 3.05) is 19.8 Å². The number of carbonyl (C=O) groups excluding carboxylic acids is 2. The van der Waals surface area contributed by atoms with E-state index < -0.39 is 18.0 Å². The Balaban J connectivity index is 1.60. The Morgan fingerprint density at radius 1 is 1.25 bits per heavy atom. The second-order valence-electron chi connectivity index (χ2n) is 7.93. The van der Waals surface area contributed by atoms with Crippen LogP contribution in [0.15, 0.2) is 30.3 Å². The first kappa shape index (κ1) is 23.6. The van der Waals surface area contributed by atoms with Crippen molar-refractivity contribution in [1.82, 2.24) is 5.32 Å². The minimum absolute atomic E-state index is 0.0310. The number of hydrogen-bond acceptors (Lipinski definition) is 7. The van der Waals surface area contributed by atoms with Gasteiger partial charge in [0.1, 0.15) is 11.5 Å². The lowest BCUT2D eigenvalue weighted by molar-refractivity contribution is -0.145. The maximum Gasteiger partial charge on any atom is 0.344 e. The summed E-state index contributed by atoms with van der Waals surface area (Å²) in [5.41, 5.74) is 8.80. The highest BCUT2D eigenvalue weighted by atomic mass is 16.6. The first-order valence-corrected chi connectivity index (χ1v) is 10.7. The molecule has 0 aromatic heterocycles. The van der Waals surface area contributed by atoms with Crippen LogP contribution >= 0.6 is 0 Å². The van der Waals surface area contributed by atoms with Crippen molar-refractivity contribution in [2.24, 2.45) is 5.73 Å². The highest BCUT2D eigenvalue weighted by Crippen LogP contribution is 2.29. The number of nitrogens with two attached hydrogens (primary N) is 1. The summed E-state index contributed by atoms with van der Waals surface area (Å²) in [6.45, 7) is 3.90. The number of benzene rings is 2. The van der Waals surface area contributed by atoms with E-state index in [0.29, 0.717) is 30.0 Å². The van der Waals surface area contributed by atoms with Crippen LogP contribution in [0.3, 0.4) is 0 Å². The van der Waals surface area contributed by atoms with Gasteiger partial charge >= 0.3 is 5.97 Å². The number of nitrogens with one attached hydrogen (secondary N) is 1. The van der Waals surface area contributed by atoms with Crippen LogP contribution < -0.4 is 15.8 Å². The lowest BCUT2D eigenvalue weighted by atomic mass is 9.88. The highest BCUT2D eigenvalue weighted by molar-refractivity contribution is 5.97. The van der Waals surface area contributed by atoms with Gasteiger partial charge in [0.2, 0.25) is 0 Å². The molecule has 0 saturated carbocycles. The van der Waals surface area contributed by atoms with Gasteiger partial charge in [0, 0.05) is 12.6 Å². The number of rotatable bonds is 9. The molecule has 1 aliphatic rings. The summed E-state index contributed by atoms with van der Waals surface area (Å²) < 4.78 is 10.4. The van der Waals surface area contributed by atoms with Crippen molar-refractivity contribution in [2.45, 2.75) is 45.3 Å². The van der Waals surface area contributed by atoms with Crippen molar-refractivity contribution in [3.05, 3.63) is 58.1 Å². The minimum atomic E-state index is -0.852. The van der Waals surface area contributed by atoms with Gasteiger partial charge < -0.3 is 30.7 Å². The number of aliphatic hydroxyl groups is 1. The first-order valence-electron chi connectivity index (χ1n) is 10.7. The van der Waals surface area contributed by atoms with Gasteiger partial charge in [0.15, 0.2) is 6.61 Å². The van der Waals surface area contributed by atoms with Crippen LogP contribution in [0.25, 0.3) is 0 Å². The predicted octanol–water partition coefficient (Wildman–Crippen LogP) is 1.92. The quantitative estimate of drug-likeness (QED) is 0.436. The van der Waals surface area contributed by atoms with Gasteiger partial charge in [0.25, 0.3) is 5.91 Å². The van der Waals surface area contributed by atoms with E-state index in [1.165, 1.54) is 11.6 Å². The van der Waals surface area contributed by atoms with Gasteiger partial charge in [-0.25, -0.2) is 4.79 Å². The third-order valence-corrected chi connectivity index (χ3v) is 5.76. The molecule has 0 aliphatic heterocycles. The van der Waals surface area contributed by atoms with Crippen LogP contribution in [-0.2, 0) is 22.4 Å². The normalized spacial score (nSPS) is 16.2. The lowest BCUT2D eigenvalue weighted by Crippen LogP contribution is -2.37. The van der Waals surface area contributed by atoms with Crippen molar-refractivity contribution in [1.29, 1.82) is 0 Å². The average Bonchev–Trinajstić information content (AvgIpc) is 2.75. The zero-order valence-corrected chi connectivity index (χ0v) is 18.4. The average molecular weight is 443 g/mol. The predicted molar refractivity (Wildman–Crippen MR) is 119 cm³/mol. The summed E-state index contributed by atoms with van der Waals surface area (Å²) in [5.74, 6) is -0.699. The Morgan fingerprint density at radius 2 is 2.03 bits per heavy atom. The van der Waals surface area contributed by atoms with Crippen molar-refractivity contribution in [3.63, 3.8) is 0 Å². The Hall–Kier alpha value is -3.10. The largest absolute Gasteiger partial charge is 0.507 e. The van der Waals surface area contributed by atoms with Crippen molar-refractivity contribution < 1.29 is 29.3 Å². The Kier molecular flexibility index (Phi) is 7.71. The fraction of sp³-hybridized carbons (Fsp3) is 0.417. The molecule has 0 saturated heterocycles. The van der Waals surface area contributed by atoms with Gasteiger partial charge in [-0.05, 0) is 73.6 Å². The molecule has 0 spiro atoms. The molecule has 2 aromatic rings. The van der Waals surface area contributed by atoms with Crippen molar-refractivity contribution >= 4 is 11.9 Å². The molecule has 0 heterocycles. The van der Waals surface area contributed by atoms with Crippen LogP contribution in [0.2, 0.25) is 0 Å². The van der Waals surface area contributed by atoms with E-state index in [1.807, 2.05) is 18.2 Å². The zero-order valence-electron chi connectivity index (χ0n) is 18.4. The molecule has 8 heteroatoms. The summed E-state index contributed by atoms with van der Waals surface area (Å²) in [6.07, 6.45) is 1.73. The molecule has 1 amide bonds. The van der Waals surface area contributed by atoms with Crippen molar-refractivity contribution in [3.8, 4) is 11.5 Å². The van der Waals surface area contributed by atoms with Crippen LogP contribution in [0.5, 0.6) is 11.5 Å². The molecule has 32 heavy (non-hydrogen) atoms. The number of fused-ring (bicyclic) bond motifs is 1. The smallest absolute Gasteiger partial charge is 0.344 e. The number of ether oxygens (including phenoxy) is 2. The third-order valence-electron chi connectivity index (χ3n) is 5.76. The van der Waals surface area contributed by atoms with E-state index in [-0.39, 0.29) is 24.0 Å². The number of aliphatic hydroxyl groups excluding tert-OH is 1. The number of primary amides is 1. The number of aromatic hydroxyl groups is 1. The number of phenols is 1. The van der Waals surface area contributed by atoms with E-state index in [0.717, 1.165) is 24.8 Å². The van der Waals surface area contributed by atoms with Gasteiger partial charge in [0.05, 0.1) is 18.3 Å². The zero-order chi connectivity index (χ0) is 23.3. The number of esters is 1. The molecule has 0 radical (unpaired) electrons. The molecule has 2 atom stereocenters. The molecule has 0 bridgehead atoms. The minimum Gasteiger partial charge on any atom is -0.507 e.